The van der Waals surface area contributed by atoms with E-state index in [1.165, 1.54) is 0 Å². The number of halogens is 1. The fourth-order valence-corrected chi connectivity index (χ4v) is 4.29. The molecule has 0 saturated carbocycles. The lowest BCUT2D eigenvalue weighted by Crippen LogP contribution is -2.51. The first-order valence-electron chi connectivity index (χ1n) is 12.3. The molecule has 1 atom stereocenters. The standard InChI is InChI=1S/C30H35ClN2O3/c1-5-32-29(35)26(19-22-13-7-6-8-14-22)33(20-23-15-9-11-17-25(23)31)28(34)21-36-27-18-12-10-16-24(27)30(2,3)4/h6-18,26H,5,19-21H2,1-4H3,(H,32,35)/t26-/m1/s1. The Morgan fingerprint density at radius 2 is 1.58 bits per heavy atom. The number of carbonyl (C=O) groups excluding carboxylic acids is 2. The average Bonchev–Trinajstić information content (AvgIpc) is 2.86. The van der Waals surface area contributed by atoms with Crippen LogP contribution < -0.4 is 10.1 Å². The summed E-state index contributed by atoms with van der Waals surface area (Å²) >= 11 is 6.45. The average molecular weight is 507 g/mol. The maximum atomic E-state index is 13.7. The molecule has 5 nitrogen and oxygen atoms in total. The number of rotatable bonds is 10. The molecule has 0 aliphatic rings. The smallest absolute Gasteiger partial charge is 0.261 e. The van der Waals surface area contributed by atoms with Gasteiger partial charge < -0.3 is 15.0 Å². The monoisotopic (exact) mass is 506 g/mol. The van der Waals surface area contributed by atoms with Gasteiger partial charge in [0, 0.05) is 24.5 Å². The van der Waals surface area contributed by atoms with Crippen LogP contribution in [0, 0.1) is 0 Å². The van der Waals surface area contributed by atoms with E-state index in [1.54, 1.807) is 11.0 Å². The Morgan fingerprint density at radius 1 is 0.944 bits per heavy atom. The second kappa shape index (κ2) is 12.6. The molecule has 0 aliphatic heterocycles. The van der Waals surface area contributed by atoms with Gasteiger partial charge in [-0.3, -0.25) is 9.59 Å². The summed E-state index contributed by atoms with van der Waals surface area (Å²) in [4.78, 5) is 28.5. The molecular weight excluding hydrogens is 472 g/mol. The van der Waals surface area contributed by atoms with Gasteiger partial charge in [0.1, 0.15) is 11.8 Å². The van der Waals surface area contributed by atoms with E-state index in [1.807, 2.05) is 79.7 Å². The van der Waals surface area contributed by atoms with Crippen LogP contribution in [0.1, 0.15) is 44.4 Å². The third-order valence-corrected chi connectivity index (χ3v) is 6.34. The van der Waals surface area contributed by atoms with Gasteiger partial charge in [-0.1, -0.05) is 99.1 Å². The largest absolute Gasteiger partial charge is 0.483 e. The van der Waals surface area contributed by atoms with E-state index in [4.69, 9.17) is 16.3 Å². The molecule has 0 saturated heterocycles. The normalized spacial score (nSPS) is 12.0. The molecule has 0 bridgehead atoms. The lowest BCUT2D eigenvalue weighted by atomic mass is 9.86. The van der Waals surface area contributed by atoms with Crippen molar-refractivity contribution < 1.29 is 14.3 Å². The zero-order valence-corrected chi connectivity index (χ0v) is 22.2. The van der Waals surface area contributed by atoms with E-state index < -0.39 is 6.04 Å². The summed E-state index contributed by atoms with van der Waals surface area (Å²) in [6, 6.07) is 24.1. The van der Waals surface area contributed by atoms with Crippen LogP contribution >= 0.6 is 11.6 Å². The number of nitrogens with zero attached hydrogens (tertiary/aromatic N) is 1. The molecule has 190 valence electrons. The van der Waals surface area contributed by atoms with E-state index in [-0.39, 0.29) is 30.4 Å². The first-order chi connectivity index (χ1) is 17.2. The highest BCUT2D eigenvalue weighted by molar-refractivity contribution is 6.31. The van der Waals surface area contributed by atoms with Crippen molar-refractivity contribution in [2.45, 2.75) is 52.1 Å². The third-order valence-electron chi connectivity index (χ3n) is 5.97. The van der Waals surface area contributed by atoms with Crippen molar-refractivity contribution in [1.29, 1.82) is 0 Å². The van der Waals surface area contributed by atoms with Crippen LogP contribution in [-0.4, -0.2) is 35.9 Å². The summed E-state index contributed by atoms with van der Waals surface area (Å²) in [5, 5.41) is 3.44. The van der Waals surface area contributed by atoms with E-state index in [0.29, 0.717) is 23.7 Å². The third kappa shape index (κ3) is 7.34. The Labute approximate surface area is 219 Å². The molecule has 3 aromatic carbocycles. The van der Waals surface area contributed by atoms with Crippen molar-refractivity contribution in [3.63, 3.8) is 0 Å². The number of benzene rings is 3. The predicted molar refractivity (Wildman–Crippen MR) is 145 cm³/mol. The number of hydrogen-bond acceptors (Lipinski definition) is 3. The number of nitrogens with one attached hydrogen (secondary N) is 1. The number of likely N-dealkylation sites (N-methyl/N-ethyl adjacent to an activating group) is 1. The number of ether oxygens (including phenoxy) is 1. The Bertz CT molecular complexity index is 1160. The van der Waals surface area contributed by atoms with Crippen LogP contribution in [0.3, 0.4) is 0 Å². The molecule has 0 unspecified atom stereocenters. The van der Waals surface area contributed by atoms with Gasteiger partial charge in [0.2, 0.25) is 5.91 Å². The molecule has 0 aromatic heterocycles. The van der Waals surface area contributed by atoms with Crippen LogP contribution in [0.2, 0.25) is 5.02 Å². The lowest BCUT2D eigenvalue weighted by molar-refractivity contribution is -0.142. The lowest BCUT2D eigenvalue weighted by Gasteiger charge is -2.32. The zero-order valence-electron chi connectivity index (χ0n) is 21.5. The Hall–Kier alpha value is -3.31. The van der Waals surface area contributed by atoms with Crippen LogP contribution in [0.15, 0.2) is 78.9 Å². The van der Waals surface area contributed by atoms with Crippen molar-refractivity contribution in [3.05, 3.63) is 101 Å². The van der Waals surface area contributed by atoms with Gasteiger partial charge >= 0.3 is 0 Å². The van der Waals surface area contributed by atoms with Gasteiger partial charge in [0.15, 0.2) is 6.61 Å². The fraction of sp³-hybridized carbons (Fsp3) is 0.333. The van der Waals surface area contributed by atoms with Crippen molar-refractivity contribution >= 4 is 23.4 Å². The summed E-state index contributed by atoms with van der Waals surface area (Å²) < 4.78 is 6.06. The molecule has 3 rings (SSSR count). The molecule has 3 aromatic rings. The SMILES string of the molecule is CCNC(=O)[C@@H](Cc1ccccc1)N(Cc1ccccc1Cl)C(=O)COc1ccccc1C(C)(C)C. The molecular formula is C30H35ClN2O3. The van der Waals surface area contributed by atoms with Gasteiger partial charge in [-0.2, -0.15) is 0 Å². The molecule has 0 spiro atoms. The summed E-state index contributed by atoms with van der Waals surface area (Å²) in [7, 11) is 0. The van der Waals surface area contributed by atoms with E-state index in [9.17, 15) is 9.59 Å². The highest BCUT2D eigenvalue weighted by atomic mass is 35.5. The van der Waals surface area contributed by atoms with Crippen LogP contribution in [0.4, 0.5) is 0 Å². The fourth-order valence-electron chi connectivity index (χ4n) is 4.09. The number of hydrogen-bond donors (Lipinski definition) is 1. The molecule has 0 fully saturated rings. The van der Waals surface area contributed by atoms with E-state index >= 15 is 0 Å². The molecule has 0 heterocycles. The van der Waals surface area contributed by atoms with Crippen molar-refractivity contribution in [3.8, 4) is 5.75 Å². The summed E-state index contributed by atoms with van der Waals surface area (Å²) in [5.74, 6) is 0.163. The van der Waals surface area contributed by atoms with Gasteiger partial charge in [-0.25, -0.2) is 0 Å². The molecule has 2 amide bonds. The van der Waals surface area contributed by atoms with Gasteiger partial charge in [-0.05, 0) is 41.2 Å². The number of para-hydroxylation sites is 1. The Kier molecular flexibility index (Phi) is 9.54. The Balaban J connectivity index is 1.93. The molecule has 36 heavy (non-hydrogen) atoms. The number of carbonyl (C=O) groups is 2. The van der Waals surface area contributed by atoms with Crippen molar-refractivity contribution in [2.24, 2.45) is 0 Å². The first-order valence-corrected chi connectivity index (χ1v) is 12.6. The molecule has 6 heteroatoms. The molecule has 0 aliphatic carbocycles. The quantitative estimate of drug-likeness (QED) is 0.378. The van der Waals surface area contributed by atoms with Crippen LogP contribution in [-0.2, 0) is 28.0 Å². The van der Waals surface area contributed by atoms with E-state index in [0.717, 1.165) is 16.7 Å². The van der Waals surface area contributed by atoms with Crippen molar-refractivity contribution in [1.82, 2.24) is 10.2 Å². The first kappa shape index (κ1) is 27.3. The minimum absolute atomic E-state index is 0.145. The van der Waals surface area contributed by atoms with Crippen LogP contribution in [0.25, 0.3) is 0 Å². The van der Waals surface area contributed by atoms with Crippen LogP contribution in [0.5, 0.6) is 5.75 Å². The van der Waals surface area contributed by atoms with Gasteiger partial charge in [-0.15, -0.1) is 0 Å². The van der Waals surface area contributed by atoms with E-state index in [2.05, 4.69) is 26.1 Å². The highest BCUT2D eigenvalue weighted by Gasteiger charge is 2.31. The Morgan fingerprint density at radius 3 is 2.25 bits per heavy atom. The number of amides is 2. The second-order valence-corrected chi connectivity index (χ2v) is 10.2. The maximum Gasteiger partial charge on any atom is 0.261 e. The summed E-state index contributed by atoms with van der Waals surface area (Å²) in [6.07, 6.45) is 0.376. The van der Waals surface area contributed by atoms with Gasteiger partial charge in [0.05, 0.1) is 0 Å². The minimum Gasteiger partial charge on any atom is -0.483 e. The van der Waals surface area contributed by atoms with Gasteiger partial charge in [0.25, 0.3) is 5.91 Å². The second-order valence-electron chi connectivity index (χ2n) is 9.75. The van der Waals surface area contributed by atoms with Crippen molar-refractivity contribution in [2.75, 3.05) is 13.2 Å². The topological polar surface area (TPSA) is 58.6 Å². The zero-order chi connectivity index (χ0) is 26.1. The predicted octanol–water partition coefficient (Wildman–Crippen LogP) is 5.79. The summed E-state index contributed by atoms with van der Waals surface area (Å²) in [6.45, 7) is 8.64. The highest BCUT2D eigenvalue weighted by Crippen LogP contribution is 2.31. The molecule has 1 N–H and O–H groups in total. The minimum atomic E-state index is -0.724. The molecule has 0 radical (unpaired) electrons. The summed E-state index contributed by atoms with van der Waals surface area (Å²) in [5.41, 5.74) is 2.60. The maximum absolute atomic E-state index is 13.7.